The van der Waals surface area contributed by atoms with Gasteiger partial charge in [0, 0.05) is 0 Å². The molecule has 1 aliphatic heterocycles. The number of carbonyl (C=O) groups is 2. The van der Waals surface area contributed by atoms with Crippen LogP contribution in [0.4, 0.5) is 16.2 Å². The maximum Gasteiger partial charge on any atom is 0.329 e. The van der Waals surface area contributed by atoms with E-state index < -0.39 is 6.03 Å². The van der Waals surface area contributed by atoms with Crippen LogP contribution in [0.2, 0.25) is 0 Å². The van der Waals surface area contributed by atoms with Crippen molar-refractivity contribution in [1.82, 2.24) is 5.32 Å². The number of nitrogens with two attached hydrogens (primary N) is 1. The Hall–Kier alpha value is -2.04. The van der Waals surface area contributed by atoms with Crippen molar-refractivity contribution >= 4 is 23.3 Å². The van der Waals surface area contributed by atoms with Crippen LogP contribution in [0.3, 0.4) is 0 Å². The fourth-order valence-corrected chi connectivity index (χ4v) is 1.54. The molecule has 1 aromatic rings. The molecule has 0 bridgehead atoms. The van der Waals surface area contributed by atoms with Gasteiger partial charge < -0.3 is 11.1 Å². The lowest BCUT2D eigenvalue weighted by Crippen LogP contribution is -2.31. The topological polar surface area (TPSA) is 75.4 Å². The summed E-state index contributed by atoms with van der Waals surface area (Å²) in [4.78, 5) is 23.8. The van der Waals surface area contributed by atoms with Gasteiger partial charge in [-0.05, 0) is 24.6 Å². The number of amides is 3. The second kappa shape index (κ2) is 3.27. The predicted octanol–water partition coefficient (Wildman–Crippen LogP) is 0.633. The smallest absolute Gasteiger partial charge is 0.329 e. The third-order valence-corrected chi connectivity index (χ3v) is 2.27. The average Bonchev–Trinajstić information content (AvgIpc) is 2.48. The standard InChI is InChI=1S/C10H11N3O2/c1-6-2-3-8(7(11)4-6)13-9(14)5-12-10(13)15/h2-4H,5,11H2,1H3,(H,12,15). The highest BCUT2D eigenvalue weighted by atomic mass is 16.2. The molecule has 0 saturated carbocycles. The van der Waals surface area contributed by atoms with Crippen LogP contribution < -0.4 is 16.0 Å². The van der Waals surface area contributed by atoms with E-state index in [0.29, 0.717) is 11.4 Å². The lowest BCUT2D eigenvalue weighted by molar-refractivity contribution is -0.115. The average molecular weight is 205 g/mol. The van der Waals surface area contributed by atoms with Crippen LogP contribution in [0, 0.1) is 6.92 Å². The van der Waals surface area contributed by atoms with Gasteiger partial charge in [-0.25, -0.2) is 9.69 Å². The minimum absolute atomic E-state index is 0.0339. The first-order valence-electron chi connectivity index (χ1n) is 4.56. The molecule has 0 atom stereocenters. The number of rotatable bonds is 1. The number of hydrogen-bond donors (Lipinski definition) is 2. The number of nitrogens with zero attached hydrogens (tertiary/aromatic N) is 1. The molecule has 0 aliphatic carbocycles. The number of benzene rings is 1. The molecule has 1 aromatic carbocycles. The zero-order valence-electron chi connectivity index (χ0n) is 8.28. The summed E-state index contributed by atoms with van der Waals surface area (Å²) in [6, 6.07) is 4.79. The first kappa shape index (κ1) is 9.51. The number of aryl methyl sites for hydroxylation is 1. The van der Waals surface area contributed by atoms with E-state index in [0.717, 1.165) is 10.5 Å². The molecule has 1 saturated heterocycles. The van der Waals surface area contributed by atoms with Gasteiger partial charge in [0.15, 0.2) is 0 Å². The van der Waals surface area contributed by atoms with E-state index in [1.807, 2.05) is 13.0 Å². The zero-order valence-corrected chi connectivity index (χ0v) is 8.28. The number of urea groups is 1. The van der Waals surface area contributed by atoms with Crippen molar-refractivity contribution in [3.05, 3.63) is 23.8 Å². The Balaban J connectivity index is 2.45. The van der Waals surface area contributed by atoms with Crippen molar-refractivity contribution < 1.29 is 9.59 Å². The zero-order chi connectivity index (χ0) is 11.0. The normalized spacial score (nSPS) is 15.7. The van der Waals surface area contributed by atoms with E-state index in [1.54, 1.807) is 12.1 Å². The third-order valence-electron chi connectivity index (χ3n) is 2.27. The largest absolute Gasteiger partial charge is 0.397 e. The Morgan fingerprint density at radius 1 is 1.40 bits per heavy atom. The van der Waals surface area contributed by atoms with E-state index in [1.165, 1.54) is 0 Å². The lowest BCUT2D eigenvalue weighted by atomic mass is 10.2. The lowest BCUT2D eigenvalue weighted by Gasteiger charge is -2.14. The van der Waals surface area contributed by atoms with Crippen LogP contribution >= 0.6 is 0 Å². The van der Waals surface area contributed by atoms with Crippen LogP contribution in [-0.4, -0.2) is 18.5 Å². The van der Waals surface area contributed by atoms with Gasteiger partial charge in [-0.15, -0.1) is 0 Å². The predicted molar refractivity (Wildman–Crippen MR) is 56.5 cm³/mol. The molecule has 2 rings (SSSR count). The van der Waals surface area contributed by atoms with Crippen LogP contribution in [0.1, 0.15) is 5.56 Å². The Labute approximate surface area is 86.9 Å². The van der Waals surface area contributed by atoms with E-state index in [2.05, 4.69) is 5.32 Å². The Morgan fingerprint density at radius 2 is 2.13 bits per heavy atom. The number of hydrogen-bond acceptors (Lipinski definition) is 3. The minimum Gasteiger partial charge on any atom is -0.397 e. The SMILES string of the molecule is Cc1ccc(N2C(=O)CNC2=O)c(N)c1. The third kappa shape index (κ3) is 1.52. The van der Waals surface area contributed by atoms with Crippen molar-refractivity contribution in [3.63, 3.8) is 0 Å². The Bertz CT molecular complexity index is 426. The van der Waals surface area contributed by atoms with Crippen molar-refractivity contribution in [1.29, 1.82) is 0 Å². The molecule has 78 valence electrons. The van der Waals surface area contributed by atoms with Gasteiger partial charge in [-0.3, -0.25) is 4.79 Å². The first-order chi connectivity index (χ1) is 7.09. The highest BCUT2D eigenvalue weighted by molar-refractivity contribution is 6.21. The van der Waals surface area contributed by atoms with Crippen molar-refractivity contribution in [2.75, 3.05) is 17.2 Å². The van der Waals surface area contributed by atoms with Gasteiger partial charge in [-0.2, -0.15) is 0 Å². The van der Waals surface area contributed by atoms with Crippen molar-refractivity contribution in [3.8, 4) is 0 Å². The van der Waals surface area contributed by atoms with E-state index >= 15 is 0 Å². The molecular weight excluding hydrogens is 194 g/mol. The molecule has 0 unspecified atom stereocenters. The van der Waals surface area contributed by atoms with Gasteiger partial charge in [0.1, 0.15) is 0 Å². The number of anilines is 2. The Kier molecular flexibility index (Phi) is 2.07. The number of carbonyl (C=O) groups excluding carboxylic acids is 2. The first-order valence-corrected chi connectivity index (χ1v) is 4.56. The summed E-state index contributed by atoms with van der Waals surface area (Å²) in [5.74, 6) is -0.282. The molecule has 0 spiro atoms. The molecule has 1 heterocycles. The van der Waals surface area contributed by atoms with Gasteiger partial charge in [-0.1, -0.05) is 6.07 Å². The maximum absolute atomic E-state index is 11.4. The fraction of sp³-hybridized carbons (Fsp3) is 0.200. The molecule has 1 aliphatic rings. The highest BCUT2D eigenvalue weighted by Crippen LogP contribution is 2.25. The number of nitrogens with one attached hydrogen (secondary N) is 1. The quantitative estimate of drug-likeness (QED) is 0.521. The van der Waals surface area contributed by atoms with Crippen molar-refractivity contribution in [2.24, 2.45) is 0 Å². The van der Waals surface area contributed by atoms with E-state index in [9.17, 15) is 9.59 Å². The summed E-state index contributed by atoms with van der Waals surface area (Å²) >= 11 is 0. The molecule has 0 aromatic heterocycles. The second-order valence-electron chi connectivity index (χ2n) is 3.45. The molecule has 5 nitrogen and oxygen atoms in total. The van der Waals surface area contributed by atoms with Crippen LogP contribution in [0.25, 0.3) is 0 Å². The molecule has 3 amide bonds. The molecule has 3 N–H and O–H groups in total. The van der Waals surface area contributed by atoms with E-state index in [-0.39, 0.29) is 12.5 Å². The Morgan fingerprint density at radius 3 is 2.67 bits per heavy atom. The number of nitrogen functional groups attached to an aromatic ring is 1. The molecular formula is C10H11N3O2. The molecule has 15 heavy (non-hydrogen) atoms. The summed E-state index contributed by atoms with van der Waals surface area (Å²) < 4.78 is 0. The summed E-state index contributed by atoms with van der Waals surface area (Å²) in [6.45, 7) is 1.93. The second-order valence-corrected chi connectivity index (χ2v) is 3.45. The van der Waals surface area contributed by atoms with Gasteiger partial charge >= 0.3 is 6.03 Å². The number of imide groups is 1. The summed E-state index contributed by atoms with van der Waals surface area (Å²) in [6.07, 6.45) is 0. The van der Waals surface area contributed by atoms with E-state index in [4.69, 9.17) is 5.73 Å². The monoisotopic (exact) mass is 205 g/mol. The van der Waals surface area contributed by atoms with Crippen molar-refractivity contribution in [2.45, 2.75) is 6.92 Å². The fourth-order valence-electron chi connectivity index (χ4n) is 1.54. The maximum atomic E-state index is 11.4. The molecule has 0 radical (unpaired) electrons. The highest BCUT2D eigenvalue weighted by Gasteiger charge is 2.31. The molecule has 1 fully saturated rings. The summed E-state index contributed by atoms with van der Waals surface area (Å²) in [5, 5.41) is 2.44. The van der Waals surface area contributed by atoms with Gasteiger partial charge in [0.2, 0.25) is 0 Å². The van der Waals surface area contributed by atoms with Crippen LogP contribution in [-0.2, 0) is 4.79 Å². The summed E-state index contributed by atoms with van der Waals surface area (Å²) in [5.41, 5.74) is 7.62. The van der Waals surface area contributed by atoms with Crippen LogP contribution in [0.15, 0.2) is 18.2 Å². The molecule has 5 heteroatoms. The summed E-state index contributed by atoms with van der Waals surface area (Å²) in [7, 11) is 0. The minimum atomic E-state index is -0.421. The van der Waals surface area contributed by atoms with Gasteiger partial charge in [0.25, 0.3) is 5.91 Å². The van der Waals surface area contributed by atoms with Crippen LogP contribution in [0.5, 0.6) is 0 Å². The van der Waals surface area contributed by atoms with Gasteiger partial charge in [0.05, 0.1) is 17.9 Å².